The van der Waals surface area contributed by atoms with Crippen molar-refractivity contribution in [1.29, 1.82) is 0 Å². The SMILES string of the molecule is CCC(=O)c1cnn(Cc2cc(C)cc(C)c2)c1. The Morgan fingerprint density at radius 1 is 1.22 bits per heavy atom. The summed E-state index contributed by atoms with van der Waals surface area (Å²) in [5.74, 6) is 0.140. The monoisotopic (exact) mass is 242 g/mol. The van der Waals surface area contributed by atoms with Crippen LogP contribution in [-0.4, -0.2) is 15.6 Å². The van der Waals surface area contributed by atoms with Gasteiger partial charge in [-0.1, -0.05) is 36.2 Å². The molecule has 0 aliphatic heterocycles. The lowest BCUT2D eigenvalue weighted by molar-refractivity contribution is 0.0988. The second kappa shape index (κ2) is 5.17. The molecule has 1 heterocycles. The summed E-state index contributed by atoms with van der Waals surface area (Å²) in [6.07, 6.45) is 3.99. The highest BCUT2D eigenvalue weighted by Crippen LogP contribution is 2.11. The molecular weight excluding hydrogens is 224 g/mol. The Balaban J connectivity index is 2.18. The molecule has 94 valence electrons. The highest BCUT2D eigenvalue weighted by molar-refractivity contribution is 5.95. The molecule has 0 radical (unpaired) electrons. The van der Waals surface area contributed by atoms with E-state index in [4.69, 9.17) is 0 Å². The first-order valence-electron chi connectivity index (χ1n) is 6.21. The van der Waals surface area contributed by atoms with E-state index >= 15 is 0 Å². The van der Waals surface area contributed by atoms with Crippen LogP contribution in [0.25, 0.3) is 0 Å². The van der Waals surface area contributed by atoms with Crippen LogP contribution in [-0.2, 0) is 6.54 Å². The molecule has 0 saturated heterocycles. The Labute approximate surface area is 107 Å². The minimum Gasteiger partial charge on any atom is -0.294 e. The highest BCUT2D eigenvalue weighted by Gasteiger charge is 2.06. The van der Waals surface area contributed by atoms with E-state index in [0.29, 0.717) is 18.5 Å². The van der Waals surface area contributed by atoms with E-state index in [1.807, 2.05) is 17.8 Å². The molecule has 1 aromatic heterocycles. The van der Waals surface area contributed by atoms with Crippen molar-refractivity contribution in [3.63, 3.8) is 0 Å². The predicted octanol–water partition coefficient (Wildman–Crippen LogP) is 3.14. The fourth-order valence-corrected chi connectivity index (χ4v) is 2.15. The van der Waals surface area contributed by atoms with Gasteiger partial charge in [-0.2, -0.15) is 5.10 Å². The molecule has 0 atom stereocenters. The Morgan fingerprint density at radius 3 is 2.50 bits per heavy atom. The number of hydrogen-bond acceptors (Lipinski definition) is 2. The molecule has 0 aliphatic rings. The van der Waals surface area contributed by atoms with E-state index in [-0.39, 0.29) is 5.78 Å². The number of rotatable bonds is 4. The molecule has 0 N–H and O–H groups in total. The first-order valence-corrected chi connectivity index (χ1v) is 6.21. The summed E-state index contributed by atoms with van der Waals surface area (Å²) in [4.78, 5) is 11.5. The van der Waals surface area contributed by atoms with Crippen molar-refractivity contribution >= 4 is 5.78 Å². The van der Waals surface area contributed by atoms with Gasteiger partial charge in [0.05, 0.1) is 18.3 Å². The van der Waals surface area contributed by atoms with E-state index in [2.05, 4.69) is 37.1 Å². The van der Waals surface area contributed by atoms with Crippen molar-refractivity contribution in [3.8, 4) is 0 Å². The van der Waals surface area contributed by atoms with Crippen LogP contribution >= 0.6 is 0 Å². The number of ketones is 1. The van der Waals surface area contributed by atoms with Gasteiger partial charge in [-0.15, -0.1) is 0 Å². The molecule has 1 aromatic carbocycles. The van der Waals surface area contributed by atoms with Gasteiger partial charge in [-0.25, -0.2) is 0 Å². The fraction of sp³-hybridized carbons (Fsp3) is 0.333. The molecular formula is C15H18N2O. The van der Waals surface area contributed by atoms with Crippen LogP contribution < -0.4 is 0 Å². The van der Waals surface area contributed by atoms with Crippen molar-refractivity contribution in [2.45, 2.75) is 33.7 Å². The Bertz CT molecular complexity index is 549. The standard InChI is InChI=1S/C15H18N2O/c1-4-15(18)14-8-16-17(10-14)9-13-6-11(2)5-12(3)7-13/h5-8,10H,4,9H2,1-3H3. The molecule has 0 spiro atoms. The van der Waals surface area contributed by atoms with Crippen molar-refractivity contribution in [3.05, 3.63) is 52.8 Å². The molecule has 0 fully saturated rings. The summed E-state index contributed by atoms with van der Waals surface area (Å²) >= 11 is 0. The number of carbonyl (C=O) groups excluding carboxylic acids is 1. The molecule has 0 saturated carbocycles. The number of hydrogen-bond donors (Lipinski definition) is 0. The summed E-state index contributed by atoms with van der Waals surface area (Å²) in [6, 6.07) is 6.45. The van der Waals surface area contributed by atoms with Gasteiger partial charge < -0.3 is 0 Å². The van der Waals surface area contributed by atoms with Gasteiger partial charge in [0.1, 0.15) is 0 Å². The van der Waals surface area contributed by atoms with Crippen molar-refractivity contribution < 1.29 is 4.79 Å². The zero-order valence-electron chi connectivity index (χ0n) is 11.1. The van der Waals surface area contributed by atoms with Crippen molar-refractivity contribution in [1.82, 2.24) is 9.78 Å². The van der Waals surface area contributed by atoms with Crippen molar-refractivity contribution in [2.24, 2.45) is 0 Å². The van der Waals surface area contributed by atoms with E-state index in [1.54, 1.807) is 6.20 Å². The molecule has 18 heavy (non-hydrogen) atoms. The number of aromatic nitrogens is 2. The predicted molar refractivity (Wildman–Crippen MR) is 71.9 cm³/mol. The van der Waals surface area contributed by atoms with Crippen LogP contribution in [0.2, 0.25) is 0 Å². The molecule has 3 heteroatoms. The van der Waals surface area contributed by atoms with Gasteiger partial charge in [0.2, 0.25) is 0 Å². The lowest BCUT2D eigenvalue weighted by Crippen LogP contribution is -2.01. The van der Waals surface area contributed by atoms with Gasteiger partial charge in [0.15, 0.2) is 5.78 Å². The number of nitrogens with zero attached hydrogens (tertiary/aromatic N) is 2. The van der Waals surface area contributed by atoms with Crippen LogP contribution in [0.3, 0.4) is 0 Å². The van der Waals surface area contributed by atoms with E-state index in [9.17, 15) is 4.79 Å². The lowest BCUT2D eigenvalue weighted by atomic mass is 10.1. The highest BCUT2D eigenvalue weighted by atomic mass is 16.1. The maximum Gasteiger partial charge on any atom is 0.165 e. The first-order chi connectivity index (χ1) is 8.58. The van der Waals surface area contributed by atoms with Crippen LogP contribution in [0.5, 0.6) is 0 Å². The van der Waals surface area contributed by atoms with Crippen LogP contribution in [0.1, 0.15) is 40.4 Å². The molecule has 0 unspecified atom stereocenters. The zero-order chi connectivity index (χ0) is 13.1. The van der Waals surface area contributed by atoms with Crippen LogP contribution in [0.15, 0.2) is 30.6 Å². The number of benzene rings is 1. The summed E-state index contributed by atoms with van der Waals surface area (Å²) in [7, 11) is 0. The minimum absolute atomic E-state index is 0.140. The lowest BCUT2D eigenvalue weighted by Gasteiger charge is -2.05. The summed E-state index contributed by atoms with van der Waals surface area (Å²) < 4.78 is 1.82. The second-order valence-corrected chi connectivity index (χ2v) is 4.70. The van der Waals surface area contributed by atoms with E-state index < -0.39 is 0 Å². The minimum atomic E-state index is 0.140. The van der Waals surface area contributed by atoms with Crippen LogP contribution in [0.4, 0.5) is 0 Å². The molecule has 2 rings (SSSR count). The number of carbonyl (C=O) groups is 1. The number of aryl methyl sites for hydroxylation is 2. The third-order valence-corrected chi connectivity index (χ3v) is 2.90. The fourth-order valence-electron chi connectivity index (χ4n) is 2.15. The Kier molecular flexibility index (Phi) is 3.60. The van der Waals surface area contributed by atoms with Gasteiger partial charge in [0.25, 0.3) is 0 Å². The normalized spacial score (nSPS) is 10.6. The van der Waals surface area contributed by atoms with E-state index in [1.165, 1.54) is 16.7 Å². The second-order valence-electron chi connectivity index (χ2n) is 4.70. The van der Waals surface area contributed by atoms with E-state index in [0.717, 1.165) is 0 Å². The maximum absolute atomic E-state index is 11.5. The van der Waals surface area contributed by atoms with Crippen LogP contribution in [0, 0.1) is 13.8 Å². The summed E-state index contributed by atoms with van der Waals surface area (Å²) in [5.41, 5.74) is 4.41. The average molecular weight is 242 g/mol. The average Bonchev–Trinajstić information content (AvgIpc) is 2.75. The van der Waals surface area contributed by atoms with Crippen molar-refractivity contribution in [2.75, 3.05) is 0 Å². The quantitative estimate of drug-likeness (QED) is 0.772. The number of Topliss-reactive ketones (excluding diaryl/α,β-unsaturated/α-hetero) is 1. The maximum atomic E-state index is 11.5. The molecule has 3 nitrogen and oxygen atoms in total. The zero-order valence-corrected chi connectivity index (χ0v) is 11.1. The molecule has 0 amide bonds. The largest absolute Gasteiger partial charge is 0.294 e. The molecule has 0 bridgehead atoms. The summed E-state index contributed by atoms with van der Waals surface area (Å²) in [5, 5.41) is 4.24. The summed E-state index contributed by atoms with van der Waals surface area (Å²) in [6.45, 7) is 6.75. The molecule has 2 aromatic rings. The van der Waals surface area contributed by atoms with Gasteiger partial charge in [-0.05, 0) is 19.4 Å². The molecule has 0 aliphatic carbocycles. The Hall–Kier alpha value is -1.90. The Morgan fingerprint density at radius 2 is 1.89 bits per heavy atom. The first kappa shape index (κ1) is 12.6. The van der Waals surface area contributed by atoms with Gasteiger partial charge in [-0.3, -0.25) is 9.48 Å². The smallest absolute Gasteiger partial charge is 0.165 e. The third-order valence-electron chi connectivity index (χ3n) is 2.90. The van der Waals surface area contributed by atoms with Gasteiger partial charge >= 0.3 is 0 Å². The topological polar surface area (TPSA) is 34.9 Å². The third kappa shape index (κ3) is 2.86. The van der Waals surface area contributed by atoms with Gasteiger partial charge in [0, 0.05) is 12.6 Å².